The molecule has 0 aliphatic carbocycles. The van der Waals surface area contributed by atoms with E-state index in [1.54, 1.807) is 18.9 Å². The van der Waals surface area contributed by atoms with Gasteiger partial charge in [0.1, 0.15) is 5.75 Å². The number of carbonyl (C=O) groups is 1. The highest BCUT2D eigenvalue weighted by Gasteiger charge is 2.20. The second-order valence-electron chi connectivity index (χ2n) is 7.43. The lowest BCUT2D eigenvalue weighted by Crippen LogP contribution is -2.40. The van der Waals surface area contributed by atoms with Crippen molar-refractivity contribution in [3.05, 3.63) is 59.7 Å². The third-order valence-corrected chi connectivity index (χ3v) is 5.96. The van der Waals surface area contributed by atoms with Crippen molar-refractivity contribution in [3.63, 3.8) is 0 Å². The van der Waals surface area contributed by atoms with E-state index < -0.39 is 0 Å². The van der Waals surface area contributed by atoms with Crippen molar-refractivity contribution in [1.29, 1.82) is 0 Å². The third kappa shape index (κ3) is 6.28. The van der Waals surface area contributed by atoms with Crippen LogP contribution in [0, 0.1) is 5.92 Å². The van der Waals surface area contributed by atoms with Crippen LogP contribution in [0.25, 0.3) is 0 Å². The first-order chi connectivity index (χ1) is 13.7. The highest BCUT2D eigenvalue weighted by molar-refractivity contribution is 7.98. The van der Waals surface area contributed by atoms with Gasteiger partial charge in [-0.05, 0) is 67.0 Å². The molecule has 2 aromatic rings. The normalized spacial score (nSPS) is 17.3. The van der Waals surface area contributed by atoms with Crippen LogP contribution < -0.4 is 10.1 Å². The molecule has 5 heteroatoms. The summed E-state index contributed by atoms with van der Waals surface area (Å²) in [6, 6.07) is 16.5. The van der Waals surface area contributed by atoms with Crippen LogP contribution in [-0.2, 0) is 17.8 Å². The molecule has 28 heavy (non-hydrogen) atoms. The zero-order valence-corrected chi connectivity index (χ0v) is 17.6. The molecule has 1 aliphatic rings. The minimum absolute atomic E-state index is 0.0815. The Balaban J connectivity index is 1.45. The van der Waals surface area contributed by atoms with E-state index in [1.165, 1.54) is 23.3 Å². The number of carbonyl (C=O) groups excluding carboxylic acids is 1. The lowest BCUT2D eigenvalue weighted by molar-refractivity contribution is -0.120. The van der Waals surface area contributed by atoms with Crippen molar-refractivity contribution in [2.24, 2.45) is 5.92 Å². The Kier molecular flexibility index (Phi) is 7.80. The molecule has 0 saturated carbocycles. The second-order valence-corrected chi connectivity index (χ2v) is 8.31. The summed E-state index contributed by atoms with van der Waals surface area (Å²) in [7, 11) is 1.64. The highest BCUT2D eigenvalue weighted by atomic mass is 32.2. The molecule has 0 bridgehead atoms. The minimum atomic E-state index is 0.0815. The molecular formula is C23H30N2O2S. The average molecular weight is 399 g/mol. The van der Waals surface area contributed by atoms with Gasteiger partial charge in [0, 0.05) is 24.5 Å². The quantitative estimate of drug-likeness (QED) is 0.683. The van der Waals surface area contributed by atoms with Gasteiger partial charge in [0.05, 0.1) is 13.5 Å². The molecular weight excluding hydrogens is 368 g/mol. The van der Waals surface area contributed by atoms with E-state index in [2.05, 4.69) is 40.7 Å². The number of thioether (sulfide) groups is 1. The van der Waals surface area contributed by atoms with Crippen molar-refractivity contribution < 1.29 is 9.53 Å². The minimum Gasteiger partial charge on any atom is -0.497 e. The molecule has 3 rings (SSSR count). The van der Waals surface area contributed by atoms with Crippen LogP contribution in [0.15, 0.2) is 53.4 Å². The molecule has 2 aromatic carbocycles. The smallest absolute Gasteiger partial charge is 0.224 e. The Morgan fingerprint density at radius 2 is 2.04 bits per heavy atom. The summed E-state index contributed by atoms with van der Waals surface area (Å²) in [5, 5.41) is 3.13. The average Bonchev–Trinajstić information content (AvgIpc) is 2.73. The van der Waals surface area contributed by atoms with Crippen LogP contribution in [0.2, 0.25) is 0 Å². The molecule has 1 heterocycles. The molecule has 1 unspecified atom stereocenters. The van der Waals surface area contributed by atoms with E-state index in [9.17, 15) is 4.79 Å². The number of hydrogen-bond donors (Lipinski definition) is 1. The number of nitrogens with one attached hydrogen (secondary N) is 1. The first-order valence-electron chi connectivity index (χ1n) is 9.91. The van der Waals surface area contributed by atoms with Gasteiger partial charge in [-0.25, -0.2) is 0 Å². The van der Waals surface area contributed by atoms with E-state index in [0.29, 0.717) is 12.3 Å². The first-order valence-corrected chi connectivity index (χ1v) is 11.1. The van der Waals surface area contributed by atoms with E-state index >= 15 is 0 Å². The summed E-state index contributed by atoms with van der Waals surface area (Å²) in [6.07, 6.45) is 4.89. The second kappa shape index (κ2) is 10.5. The van der Waals surface area contributed by atoms with Crippen molar-refractivity contribution in [3.8, 4) is 5.75 Å². The van der Waals surface area contributed by atoms with Crippen molar-refractivity contribution in [1.82, 2.24) is 10.2 Å². The molecule has 1 atom stereocenters. The highest BCUT2D eigenvalue weighted by Crippen LogP contribution is 2.21. The van der Waals surface area contributed by atoms with Crippen LogP contribution in [-0.4, -0.2) is 43.8 Å². The van der Waals surface area contributed by atoms with Crippen molar-refractivity contribution >= 4 is 17.7 Å². The summed E-state index contributed by atoms with van der Waals surface area (Å²) >= 11 is 1.79. The van der Waals surface area contributed by atoms with E-state index in [-0.39, 0.29) is 5.91 Å². The Hall–Kier alpha value is -1.98. The SMILES string of the molecule is COc1cccc(CC(=O)NCC2CCCN(Cc3cccc(SC)c3)C2)c1. The van der Waals surface area contributed by atoms with Gasteiger partial charge in [0.2, 0.25) is 5.91 Å². The maximum absolute atomic E-state index is 12.3. The summed E-state index contributed by atoms with van der Waals surface area (Å²) < 4.78 is 5.23. The molecule has 0 spiro atoms. The molecule has 4 nitrogen and oxygen atoms in total. The number of rotatable bonds is 8. The number of benzene rings is 2. The van der Waals surface area contributed by atoms with E-state index in [0.717, 1.165) is 37.5 Å². The zero-order valence-electron chi connectivity index (χ0n) is 16.8. The number of hydrogen-bond acceptors (Lipinski definition) is 4. The Labute approximate surface area is 172 Å². The number of nitrogens with zero attached hydrogens (tertiary/aromatic N) is 1. The van der Waals surface area contributed by atoms with Gasteiger partial charge < -0.3 is 10.1 Å². The Morgan fingerprint density at radius 1 is 1.21 bits per heavy atom. The third-order valence-electron chi connectivity index (χ3n) is 5.23. The van der Waals surface area contributed by atoms with Crippen LogP contribution in [0.1, 0.15) is 24.0 Å². The summed E-state index contributed by atoms with van der Waals surface area (Å²) in [6.45, 7) is 3.92. The fourth-order valence-corrected chi connectivity index (χ4v) is 4.26. The maximum Gasteiger partial charge on any atom is 0.224 e. The number of likely N-dealkylation sites (tertiary alicyclic amines) is 1. The Morgan fingerprint density at radius 3 is 2.86 bits per heavy atom. The van der Waals surface area contributed by atoms with Gasteiger partial charge in [0.25, 0.3) is 0 Å². The van der Waals surface area contributed by atoms with Crippen LogP contribution in [0.5, 0.6) is 5.75 Å². The van der Waals surface area contributed by atoms with Gasteiger partial charge in [0.15, 0.2) is 0 Å². The topological polar surface area (TPSA) is 41.6 Å². The fourth-order valence-electron chi connectivity index (χ4n) is 3.78. The van der Waals surface area contributed by atoms with Crippen molar-refractivity contribution in [2.45, 2.75) is 30.7 Å². The van der Waals surface area contributed by atoms with E-state index in [1.807, 2.05) is 24.3 Å². The predicted molar refractivity (Wildman–Crippen MR) is 116 cm³/mol. The van der Waals surface area contributed by atoms with Gasteiger partial charge in [-0.1, -0.05) is 24.3 Å². The molecule has 0 aromatic heterocycles. The summed E-state index contributed by atoms with van der Waals surface area (Å²) in [4.78, 5) is 16.2. The number of methoxy groups -OCH3 is 1. The van der Waals surface area contributed by atoms with Crippen LogP contribution in [0.4, 0.5) is 0 Å². The predicted octanol–water partition coefficient (Wildman–Crippen LogP) is 3.99. The lowest BCUT2D eigenvalue weighted by Gasteiger charge is -2.33. The summed E-state index contributed by atoms with van der Waals surface area (Å²) in [5.74, 6) is 1.39. The van der Waals surface area contributed by atoms with Gasteiger partial charge in [-0.2, -0.15) is 0 Å². The van der Waals surface area contributed by atoms with Crippen molar-refractivity contribution in [2.75, 3.05) is 33.0 Å². The fraction of sp³-hybridized carbons (Fsp3) is 0.435. The maximum atomic E-state index is 12.3. The van der Waals surface area contributed by atoms with Gasteiger partial charge in [-0.15, -0.1) is 11.8 Å². The van der Waals surface area contributed by atoms with Gasteiger partial charge in [-0.3, -0.25) is 9.69 Å². The largest absolute Gasteiger partial charge is 0.497 e. The zero-order chi connectivity index (χ0) is 19.8. The first kappa shape index (κ1) is 20.7. The molecule has 1 amide bonds. The molecule has 1 N–H and O–H groups in total. The van der Waals surface area contributed by atoms with Gasteiger partial charge >= 0.3 is 0 Å². The van der Waals surface area contributed by atoms with Crippen LogP contribution >= 0.6 is 11.8 Å². The lowest BCUT2D eigenvalue weighted by atomic mass is 9.97. The molecule has 1 aliphatic heterocycles. The number of ether oxygens (including phenoxy) is 1. The molecule has 1 fully saturated rings. The summed E-state index contributed by atoms with van der Waals surface area (Å²) in [5.41, 5.74) is 2.35. The Bertz CT molecular complexity index is 781. The van der Waals surface area contributed by atoms with Crippen LogP contribution in [0.3, 0.4) is 0 Å². The monoisotopic (exact) mass is 398 g/mol. The number of amides is 1. The molecule has 150 valence electrons. The molecule has 0 radical (unpaired) electrons. The standard InChI is InChI=1S/C23H30N2O2S/c1-27-21-9-3-6-18(12-21)14-23(26)24-15-20-8-5-11-25(17-20)16-19-7-4-10-22(13-19)28-2/h3-4,6-7,9-10,12-13,20H,5,8,11,14-17H2,1-2H3,(H,24,26). The van der Waals surface area contributed by atoms with E-state index in [4.69, 9.17) is 4.74 Å². The molecule has 1 saturated heterocycles. The number of piperidine rings is 1.